The molecule has 3 rings (SSSR count). The van der Waals surface area contributed by atoms with E-state index in [0.717, 1.165) is 13.1 Å². The zero-order chi connectivity index (χ0) is 14.1. The Morgan fingerprint density at radius 1 is 1.40 bits per heavy atom. The Kier molecular flexibility index (Phi) is 3.29. The van der Waals surface area contributed by atoms with Gasteiger partial charge in [0.1, 0.15) is 5.82 Å². The number of aromatic carboxylic acids is 1. The highest BCUT2D eigenvalue weighted by Crippen LogP contribution is 2.17. The third-order valence-corrected chi connectivity index (χ3v) is 3.40. The average Bonchev–Trinajstić information content (AvgIpc) is 2.78. The number of nitrogen functional groups attached to an aromatic ring is 1. The second-order valence-corrected chi connectivity index (χ2v) is 4.79. The SMILES string of the molecule is Nc1ccc2c(C(=O)O)nc(CN3CCOCC3)n2c1. The van der Waals surface area contributed by atoms with E-state index in [2.05, 4.69) is 9.88 Å². The Morgan fingerprint density at radius 3 is 2.85 bits per heavy atom. The number of nitrogens with zero attached hydrogens (tertiary/aromatic N) is 3. The molecule has 1 fully saturated rings. The summed E-state index contributed by atoms with van der Waals surface area (Å²) in [7, 11) is 0. The van der Waals surface area contributed by atoms with Gasteiger partial charge in [0.15, 0.2) is 5.69 Å². The largest absolute Gasteiger partial charge is 0.476 e. The van der Waals surface area contributed by atoms with Gasteiger partial charge in [0.2, 0.25) is 0 Å². The molecule has 1 saturated heterocycles. The van der Waals surface area contributed by atoms with Crippen LogP contribution in [-0.4, -0.2) is 51.7 Å². The molecule has 7 heteroatoms. The lowest BCUT2D eigenvalue weighted by Gasteiger charge is -2.25. The predicted molar refractivity (Wildman–Crippen MR) is 72.7 cm³/mol. The molecule has 7 nitrogen and oxygen atoms in total. The molecular weight excluding hydrogens is 260 g/mol. The number of morpholine rings is 1. The van der Waals surface area contributed by atoms with E-state index in [1.807, 2.05) is 0 Å². The van der Waals surface area contributed by atoms with Gasteiger partial charge in [0, 0.05) is 25.0 Å². The summed E-state index contributed by atoms with van der Waals surface area (Å²) in [6.07, 6.45) is 1.71. The molecule has 2 aromatic heterocycles. The van der Waals surface area contributed by atoms with Crippen molar-refractivity contribution in [1.82, 2.24) is 14.3 Å². The maximum Gasteiger partial charge on any atom is 0.356 e. The van der Waals surface area contributed by atoms with Crippen LogP contribution in [0, 0.1) is 0 Å². The molecule has 106 valence electrons. The van der Waals surface area contributed by atoms with Crippen molar-refractivity contribution < 1.29 is 14.6 Å². The Balaban J connectivity index is 2.00. The number of hydrogen-bond acceptors (Lipinski definition) is 5. The lowest BCUT2D eigenvalue weighted by molar-refractivity contribution is 0.0329. The first-order valence-electron chi connectivity index (χ1n) is 6.45. The van der Waals surface area contributed by atoms with Crippen LogP contribution in [0.15, 0.2) is 18.3 Å². The number of carboxylic acids is 1. The summed E-state index contributed by atoms with van der Waals surface area (Å²) < 4.78 is 7.06. The van der Waals surface area contributed by atoms with Crippen molar-refractivity contribution in [2.45, 2.75) is 6.54 Å². The van der Waals surface area contributed by atoms with Crippen molar-refractivity contribution in [3.63, 3.8) is 0 Å². The van der Waals surface area contributed by atoms with E-state index in [-0.39, 0.29) is 5.69 Å². The van der Waals surface area contributed by atoms with Crippen LogP contribution >= 0.6 is 0 Å². The molecule has 0 radical (unpaired) electrons. The third kappa shape index (κ3) is 2.33. The molecule has 0 aromatic carbocycles. The monoisotopic (exact) mass is 276 g/mol. The fourth-order valence-electron chi connectivity index (χ4n) is 2.39. The van der Waals surface area contributed by atoms with E-state index < -0.39 is 5.97 Å². The molecule has 20 heavy (non-hydrogen) atoms. The lowest BCUT2D eigenvalue weighted by atomic mass is 10.3. The van der Waals surface area contributed by atoms with Gasteiger partial charge < -0.3 is 15.6 Å². The minimum atomic E-state index is -1.03. The first-order valence-corrected chi connectivity index (χ1v) is 6.45. The molecule has 1 aliphatic rings. The number of hydrogen-bond donors (Lipinski definition) is 2. The fraction of sp³-hybridized carbons (Fsp3) is 0.385. The van der Waals surface area contributed by atoms with Crippen molar-refractivity contribution in [2.75, 3.05) is 32.0 Å². The fourth-order valence-corrected chi connectivity index (χ4v) is 2.39. The highest BCUT2D eigenvalue weighted by molar-refractivity contribution is 5.93. The number of nitrogens with two attached hydrogens (primary N) is 1. The number of rotatable bonds is 3. The van der Waals surface area contributed by atoms with E-state index in [0.29, 0.717) is 36.8 Å². The van der Waals surface area contributed by atoms with Crippen LogP contribution in [0.25, 0.3) is 5.52 Å². The molecule has 3 heterocycles. The molecule has 0 amide bonds. The van der Waals surface area contributed by atoms with Crippen LogP contribution in [0.1, 0.15) is 16.3 Å². The summed E-state index contributed by atoms with van der Waals surface area (Å²) in [5, 5.41) is 9.23. The van der Waals surface area contributed by atoms with Crippen LogP contribution in [0.2, 0.25) is 0 Å². The first-order chi connectivity index (χ1) is 9.65. The Bertz CT molecular complexity index is 646. The number of carbonyl (C=O) groups is 1. The zero-order valence-electron chi connectivity index (χ0n) is 11.0. The summed E-state index contributed by atoms with van der Waals surface area (Å²) in [5.41, 5.74) is 6.99. The maximum absolute atomic E-state index is 11.3. The normalized spacial score (nSPS) is 16.6. The van der Waals surface area contributed by atoms with Crippen LogP contribution in [0.5, 0.6) is 0 Å². The quantitative estimate of drug-likeness (QED) is 0.845. The molecular formula is C13H16N4O3. The summed E-state index contributed by atoms with van der Waals surface area (Å²) in [5.74, 6) is -0.341. The maximum atomic E-state index is 11.3. The zero-order valence-corrected chi connectivity index (χ0v) is 11.0. The Hall–Kier alpha value is -2.12. The van der Waals surface area contributed by atoms with Crippen molar-refractivity contribution in [3.05, 3.63) is 29.8 Å². The molecule has 2 aromatic rings. The van der Waals surface area contributed by atoms with Crippen molar-refractivity contribution >= 4 is 17.2 Å². The molecule has 0 bridgehead atoms. The van der Waals surface area contributed by atoms with Crippen LogP contribution in [-0.2, 0) is 11.3 Å². The summed E-state index contributed by atoms with van der Waals surface area (Å²) in [6, 6.07) is 3.37. The van der Waals surface area contributed by atoms with Gasteiger partial charge in [-0.05, 0) is 12.1 Å². The van der Waals surface area contributed by atoms with Gasteiger partial charge >= 0.3 is 5.97 Å². The minimum Gasteiger partial charge on any atom is -0.476 e. The molecule has 0 unspecified atom stereocenters. The van der Waals surface area contributed by atoms with Crippen molar-refractivity contribution in [3.8, 4) is 0 Å². The second-order valence-electron chi connectivity index (χ2n) is 4.79. The van der Waals surface area contributed by atoms with Gasteiger partial charge in [-0.2, -0.15) is 0 Å². The van der Waals surface area contributed by atoms with Crippen LogP contribution in [0.3, 0.4) is 0 Å². The number of ether oxygens (including phenoxy) is 1. The number of imidazole rings is 1. The average molecular weight is 276 g/mol. The molecule has 1 aliphatic heterocycles. The number of carboxylic acid groups (broad SMARTS) is 1. The summed E-state index contributed by atoms with van der Waals surface area (Å²) >= 11 is 0. The second kappa shape index (κ2) is 5.10. The highest BCUT2D eigenvalue weighted by atomic mass is 16.5. The van der Waals surface area contributed by atoms with E-state index in [9.17, 15) is 9.90 Å². The number of fused-ring (bicyclic) bond motifs is 1. The Morgan fingerprint density at radius 2 is 2.15 bits per heavy atom. The van der Waals surface area contributed by atoms with E-state index in [1.165, 1.54) is 0 Å². The molecule has 0 spiro atoms. The van der Waals surface area contributed by atoms with Gasteiger partial charge in [-0.15, -0.1) is 0 Å². The van der Waals surface area contributed by atoms with Gasteiger partial charge in [0.05, 0.1) is 25.3 Å². The molecule has 3 N–H and O–H groups in total. The van der Waals surface area contributed by atoms with E-state index >= 15 is 0 Å². The first kappa shape index (κ1) is 12.9. The number of pyridine rings is 1. The van der Waals surface area contributed by atoms with Crippen molar-refractivity contribution in [1.29, 1.82) is 0 Å². The van der Waals surface area contributed by atoms with E-state index in [1.54, 1.807) is 22.7 Å². The molecule has 0 aliphatic carbocycles. The molecule has 0 atom stereocenters. The number of anilines is 1. The standard InChI is InChI=1S/C13H16N4O3/c14-9-1-2-10-12(13(18)19)15-11(17(10)7-9)8-16-3-5-20-6-4-16/h1-2,7H,3-6,8,14H2,(H,18,19). The predicted octanol–water partition coefficient (Wildman–Crippen LogP) is 0.447. The van der Waals surface area contributed by atoms with Crippen LogP contribution < -0.4 is 5.73 Å². The number of aromatic nitrogens is 2. The van der Waals surface area contributed by atoms with Gasteiger partial charge in [-0.25, -0.2) is 9.78 Å². The molecule has 0 saturated carbocycles. The summed E-state index contributed by atoms with van der Waals surface area (Å²) in [4.78, 5) is 17.7. The van der Waals surface area contributed by atoms with Gasteiger partial charge in [0.25, 0.3) is 0 Å². The topological polar surface area (TPSA) is 93.1 Å². The van der Waals surface area contributed by atoms with Crippen molar-refractivity contribution in [2.24, 2.45) is 0 Å². The van der Waals surface area contributed by atoms with E-state index in [4.69, 9.17) is 10.5 Å². The minimum absolute atomic E-state index is 0.0632. The lowest BCUT2D eigenvalue weighted by Crippen LogP contribution is -2.36. The Labute approximate surface area is 115 Å². The highest BCUT2D eigenvalue weighted by Gasteiger charge is 2.19. The smallest absolute Gasteiger partial charge is 0.356 e. The van der Waals surface area contributed by atoms with Crippen LogP contribution in [0.4, 0.5) is 5.69 Å². The summed E-state index contributed by atoms with van der Waals surface area (Å²) in [6.45, 7) is 3.61. The third-order valence-electron chi connectivity index (χ3n) is 3.40. The van der Waals surface area contributed by atoms with Gasteiger partial charge in [-0.1, -0.05) is 0 Å². The van der Waals surface area contributed by atoms with Gasteiger partial charge in [-0.3, -0.25) is 9.30 Å².